The van der Waals surface area contributed by atoms with Crippen LogP contribution in [0.3, 0.4) is 0 Å². The normalized spacial score (nSPS) is 18.1. The van der Waals surface area contributed by atoms with Crippen LogP contribution < -0.4 is 15.4 Å². The lowest BCUT2D eigenvalue weighted by atomic mass is 10.1. The third-order valence-electron chi connectivity index (χ3n) is 4.56. The smallest absolute Gasteiger partial charge is 0.253 e. The summed E-state index contributed by atoms with van der Waals surface area (Å²) >= 11 is 0. The monoisotopic (exact) mass is 356 g/mol. The molecule has 136 valence electrons. The topological polar surface area (TPSA) is 67.4 Å². The van der Waals surface area contributed by atoms with Crippen LogP contribution in [0.15, 0.2) is 42.5 Å². The van der Waals surface area contributed by atoms with Gasteiger partial charge < -0.3 is 15.4 Å². The fourth-order valence-corrected chi connectivity index (χ4v) is 2.85. The van der Waals surface area contributed by atoms with Crippen molar-refractivity contribution in [3.8, 4) is 5.75 Å². The molecule has 0 heterocycles. The lowest BCUT2D eigenvalue weighted by Crippen LogP contribution is -2.25. The highest BCUT2D eigenvalue weighted by Crippen LogP contribution is 2.38. The highest BCUT2D eigenvalue weighted by atomic mass is 19.1. The fraction of sp³-hybridized carbons (Fsp3) is 0.300. The number of para-hydroxylation sites is 1. The van der Waals surface area contributed by atoms with E-state index in [1.54, 1.807) is 13.2 Å². The molecule has 2 aromatic carbocycles. The van der Waals surface area contributed by atoms with Gasteiger partial charge in [0.1, 0.15) is 11.6 Å². The molecule has 0 aliphatic heterocycles. The minimum atomic E-state index is -0.537. The lowest BCUT2D eigenvalue weighted by molar-refractivity contribution is -0.117. The molecular weight excluding hydrogens is 335 g/mol. The average Bonchev–Trinajstić information content (AvgIpc) is 3.38. The zero-order chi connectivity index (χ0) is 18.7. The molecule has 1 aliphatic rings. The molecule has 0 radical (unpaired) electrons. The third kappa shape index (κ3) is 4.02. The number of methoxy groups -OCH3 is 1. The highest BCUT2D eigenvalue weighted by Gasteiger charge is 2.39. The first-order valence-electron chi connectivity index (χ1n) is 8.50. The van der Waals surface area contributed by atoms with Gasteiger partial charge in [-0.2, -0.15) is 0 Å². The van der Waals surface area contributed by atoms with E-state index in [0.717, 1.165) is 18.1 Å². The maximum atomic E-state index is 13.6. The van der Waals surface area contributed by atoms with Crippen molar-refractivity contribution in [2.24, 2.45) is 11.8 Å². The second kappa shape index (κ2) is 7.56. The molecule has 2 N–H and O–H groups in total. The number of anilines is 1. The van der Waals surface area contributed by atoms with E-state index in [9.17, 15) is 14.0 Å². The van der Waals surface area contributed by atoms with Crippen molar-refractivity contribution in [2.45, 2.75) is 19.9 Å². The number of halogens is 1. The summed E-state index contributed by atoms with van der Waals surface area (Å²) in [6.45, 7) is 2.22. The number of nitrogens with one attached hydrogen (secondary N) is 2. The van der Waals surface area contributed by atoms with Crippen molar-refractivity contribution in [1.82, 2.24) is 5.32 Å². The van der Waals surface area contributed by atoms with Crippen LogP contribution in [0.25, 0.3) is 0 Å². The van der Waals surface area contributed by atoms with Gasteiger partial charge in [0.05, 0.1) is 18.4 Å². The van der Waals surface area contributed by atoms with Gasteiger partial charge in [-0.05, 0) is 36.6 Å². The predicted octanol–water partition coefficient (Wildman–Crippen LogP) is 3.36. The minimum Gasteiger partial charge on any atom is -0.496 e. The Morgan fingerprint density at radius 3 is 2.65 bits per heavy atom. The predicted molar refractivity (Wildman–Crippen MR) is 96.5 cm³/mol. The van der Waals surface area contributed by atoms with Crippen LogP contribution in [0, 0.1) is 17.7 Å². The number of benzene rings is 2. The summed E-state index contributed by atoms with van der Waals surface area (Å²) in [5.74, 6) is -0.172. The van der Waals surface area contributed by atoms with E-state index in [1.807, 2.05) is 25.1 Å². The Hall–Kier alpha value is -2.89. The Labute approximate surface area is 151 Å². The van der Waals surface area contributed by atoms with Crippen LogP contribution >= 0.6 is 0 Å². The molecule has 1 fully saturated rings. The molecule has 0 aromatic heterocycles. The molecule has 26 heavy (non-hydrogen) atoms. The molecule has 6 heteroatoms. The molecule has 0 saturated heterocycles. The number of rotatable bonds is 6. The van der Waals surface area contributed by atoms with E-state index in [1.165, 1.54) is 12.1 Å². The van der Waals surface area contributed by atoms with Crippen LogP contribution in [0.1, 0.15) is 29.3 Å². The Morgan fingerprint density at radius 1 is 1.23 bits per heavy atom. The standard InChI is InChI=1S/C20H21FN2O3/c1-12-9-15(12)20(25)23-17-8-7-14(21)10-16(17)19(24)22-11-13-5-3-4-6-18(13)26-2/h3-8,10,12,15H,9,11H2,1-2H3,(H,22,24)(H,23,25)/t12-,15-/m1/s1. The summed E-state index contributed by atoms with van der Waals surface area (Å²) in [5, 5.41) is 5.49. The van der Waals surface area contributed by atoms with Gasteiger partial charge in [-0.15, -0.1) is 0 Å². The molecular formula is C20H21FN2O3. The molecule has 2 amide bonds. The average molecular weight is 356 g/mol. The van der Waals surface area contributed by atoms with E-state index >= 15 is 0 Å². The summed E-state index contributed by atoms with van der Waals surface area (Å²) in [6, 6.07) is 11.1. The number of hydrogen-bond donors (Lipinski definition) is 2. The number of amides is 2. The molecule has 0 spiro atoms. The highest BCUT2D eigenvalue weighted by molar-refractivity contribution is 6.04. The molecule has 5 nitrogen and oxygen atoms in total. The first kappa shape index (κ1) is 17.9. The second-order valence-corrected chi connectivity index (χ2v) is 6.49. The van der Waals surface area contributed by atoms with E-state index in [-0.39, 0.29) is 23.9 Å². The van der Waals surface area contributed by atoms with E-state index < -0.39 is 11.7 Å². The van der Waals surface area contributed by atoms with Gasteiger partial charge in [0.15, 0.2) is 0 Å². The third-order valence-corrected chi connectivity index (χ3v) is 4.56. The quantitative estimate of drug-likeness (QED) is 0.834. The largest absolute Gasteiger partial charge is 0.496 e. The van der Waals surface area contributed by atoms with Crippen LogP contribution in [-0.2, 0) is 11.3 Å². The number of hydrogen-bond acceptors (Lipinski definition) is 3. The van der Waals surface area contributed by atoms with Crippen LogP contribution in [0.5, 0.6) is 5.75 Å². The first-order chi connectivity index (χ1) is 12.5. The maximum Gasteiger partial charge on any atom is 0.253 e. The Kier molecular flexibility index (Phi) is 5.21. The van der Waals surface area contributed by atoms with Crippen molar-refractivity contribution in [3.63, 3.8) is 0 Å². The van der Waals surface area contributed by atoms with Gasteiger partial charge in [-0.1, -0.05) is 25.1 Å². The molecule has 1 saturated carbocycles. The van der Waals surface area contributed by atoms with Gasteiger partial charge >= 0.3 is 0 Å². The zero-order valence-electron chi connectivity index (χ0n) is 14.7. The van der Waals surface area contributed by atoms with Gasteiger partial charge in [0.25, 0.3) is 5.91 Å². The van der Waals surface area contributed by atoms with E-state index in [2.05, 4.69) is 10.6 Å². The molecule has 1 aliphatic carbocycles. The van der Waals surface area contributed by atoms with Crippen molar-refractivity contribution in [2.75, 3.05) is 12.4 Å². The molecule has 2 atom stereocenters. The van der Waals surface area contributed by atoms with Crippen molar-refractivity contribution in [3.05, 3.63) is 59.4 Å². The Morgan fingerprint density at radius 2 is 1.96 bits per heavy atom. The summed E-state index contributed by atoms with van der Waals surface area (Å²) in [7, 11) is 1.56. The molecule has 0 bridgehead atoms. The van der Waals surface area contributed by atoms with Crippen molar-refractivity contribution in [1.29, 1.82) is 0 Å². The summed E-state index contributed by atoms with van der Waals surface area (Å²) < 4.78 is 18.9. The number of carbonyl (C=O) groups is 2. The van der Waals surface area contributed by atoms with Gasteiger partial charge in [-0.25, -0.2) is 4.39 Å². The van der Waals surface area contributed by atoms with Crippen LogP contribution in [0.4, 0.5) is 10.1 Å². The van der Waals surface area contributed by atoms with Gasteiger partial charge in [0.2, 0.25) is 5.91 Å². The second-order valence-electron chi connectivity index (χ2n) is 6.49. The summed E-state index contributed by atoms with van der Waals surface area (Å²) in [6.07, 6.45) is 0.836. The first-order valence-corrected chi connectivity index (χ1v) is 8.50. The van der Waals surface area contributed by atoms with Crippen molar-refractivity contribution < 1.29 is 18.7 Å². The van der Waals surface area contributed by atoms with Gasteiger partial charge in [0, 0.05) is 18.0 Å². The summed E-state index contributed by atoms with van der Waals surface area (Å²) in [4.78, 5) is 24.7. The fourth-order valence-electron chi connectivity index (χ4n) is 2.85. The number of ether oxygens (including phenoxy) is 1. The molecule has 0 unspecified atom stereocenters. The Balaban J connectivity index is 1.73. The minimum absolute atomic E-state index is 0.0375. The van der Waals surface area contributed by atoms with E-state index in [0.29, 0.717) is 17.4 Å². The summed E-state index contributed by atoms with van der Waals surface area (Å²) in [5.41, 5.74) is 1.21. The maximum absolute atomic E-state index is 13.6. The molecule has 3 rings (SSSR count). The van der Waals surface area contributed by atoms with E-state index in [4.69, 9.17) is 4.74 Å². The zero-order valence-corrected chi connectivity index (χ0v) is 14.7. The SMILES string of the molecule is COc1ccccc1CNC(=O)c1cc(F)ccc1NC(=O)[C@@H]1C[C@H]1C. The Bertz CT molecular complexity index is 838. The van der Waals surface area contributed by atoms with Gasteiger partial charge in [-0.3, -0.25) is 9.59 Å². The van der Waals surface area contributed by atoms with Crippen molar-refractivity contribution >= 4 is 17.5 Å². The molecule has 2 aromatic rings. The lowest BCUT2D eigenvalue weighted by Gasteiger charge is -2.13. The van der Waals surface area contributed by atoms with Crippen LogP contribution in [0.2, 0.25) is 0 Å². The number of carbonyl (C=O) groups excluding carboxylic acids is 2. The van der Waals surface area contributed by atoms with Crippen LogP contribution in [-0.4, -0.2) is 18.9 Å².